The van der Waals surface area contributed by atoms with E-state index in [9.17, 15) is 0 Å². The Labute approximate surface area is 121 Å². The maximum absolute atomic E-state index is 5.91. The number of aromatic nitrogens is 2. The van der Waals surface area contributed by atoms with Gasteiger partial charge in [-0.15, -0.1) is 0 Å². The lowest BCUT2D eigenvalue weighted by Crippen LogP contribution is -1.91. The summed E-state index contributed by atoms with van der Waals surface area (Å²) in [5, 5.41) is 0.963. The van der Waals surface area contributed by atoms with Crippen molar-refractivity contribution in [3.05, 3.63) is 60.4 Å². The molecule has 0 fully saturated rings. The molecule has 0 atom stereocenters. The van der Waals surface area contributed by atoms with Crippen molar-refractivity contribution in [2.45, 2.75) is 6.92 Å². The second-order valence-corrected chi connectivity index (χ2v) is 4.82. The number of fused-ring (bicyclic) bond motifs is 3. The van der Waals surface area contributed by atoms with Crippen LogP contribution in [0.5, 0.6) is 11.6 Å². The van der Waals surface area contributed by atoms with Crippen molar-refractivity contribution in [2.24, 2.45) is 0 Å². The Balaban J connectivity index is 1.91. The highest BCUT2D eigenvalue weighted by molar-refractivity contribution is 6.03. The average Bonchev–Trinajstić information content (AvgIpc) is 2.89. The van der Waals surface area contributed by atoms with Crippen LogP contribution in [-0.4, -0.2) is 9.97 Å². The van der Waals surface area contributed by atoms with E-state index >= 15 is 0 Å². The van der Waals surface area contributed by atoms with Crippen LogP contribution < -0.4 is 4.74 Å². The minimum atomic E-state index is 0.436. The first kappa shape index (κ1) is 11.9. The molecule has 0 N–H and O–H groups in total. The molecule has 0 radical (unpaired) electrons. The first-order valence-corrected chi connectivity index (χ1v) is 6.68. The van der Waals surface area contributed by atoms with Crippen molar-refractivity contribution >= 4 is 22.1 Å². The summed E-state index contributed by atoms with van der Waals surface area (Å²) >= 11 is 0. The van der Waals surface area contributed by atoms with Crippen LogP contribution in [0.3, 0.4) is 0 Å². The molecule has 0 unspecified atom stereocenters. The fourth-order valence-electron chi connectivity index (χ4n) is 2.35. The monoisotopic (exact) mass is 276 g/mol. The van der Waals surface area contributed by atoms with Crippen molar-refractivity contribution in [1.29, 1.82) is 0 Å². The largest absolute Gasteiger partial charge is 0.449 e. The summed E-state index contributed by atoms with van der Waals surface area (Å²) in [6.07, 6.45) is 1.50. The second-order valence-electron chi connectivity index (χ2n) is 4.82. The summed E-state index contributed by atoms with van der Waals surface area (Å²) in [7, 11) is 0. The van der Waals surface area contributed by atoms with Crippen LogP contribution >= 0.6 is 0 Å². The highest BCUT2D eigenvalue weighted by atomic mass is 16.5. The molecule has 4 heteroatoms. The van der Waals surface area contributed by atoms with Gasteiger partial charge in [0.2, 0.25) is 5.58 Å². The van der Waals surface area contributed by atoms with Crippen LogP contribution in [0, 0.1) is 6.92 Å². The lowest BCUT2D eigenvalue weighted by molar-refractivity contribution is 0.453. The van der Waals surface area contributed by atoms with Crippen LogP contribution in [0.4, 0.5) is 0 Å². The number of rotatable bonds is 2. The molecule has 0 aliphatic rings. The summed E-state index contributed by atoms with van der Waals surface area (Å²) in [5.41, 5.74) is 3.16. The van der Waals surface area contributed by atoms with Gasteiger partial charge in [0.15, 0.2) is 0 Å². The lowest BCUT2D eigenvalue weighted by atomic mass is 10.2. The Bertz CT molecular complexity index is 944. The molecular weight excluding hydrogens is 264 g/mol. The van der Waals surface area contributed by atoms with Crippen LogP contribution in [0.1, 0.15) is 5.56 Å². The fourth-order valence-corrected chi connectivity index (χ4v) is 2.35. The third-order valence-electron chi connectivity index (χ3n) is 3.43. The summed E-state index contributed by atoms with van der Waals surface area (Å²) < 4.78 is 11.8. The first-order chi connectivity index (χ1) is 10.3. The number of hydrogen-bond donors (Lipinski definition) is 0. The molecule has 0 aliphatic carbocycles. The number of hydrogen-bond acceptors (Lipinski definition) is 4. The molecular formula is C17H12N2O2. The number of nitrogens with zero attached hydrogens (tertiary/aromatic N) is 2. The van der Waals surface area contributed by atoms with Gasteiger partial charge in [0, 0.05) is 5.39 Å². The molecule has 4 nitrogen and oxygen atoms in total. The fraction of sp³-hybridized carbons (Fsp3) is 0.0588. The van der Waals surface area contributed by atoms with E-state index < -0.39 is 0 Å². The van der Waals surface area contributed by atoms with Crippen molar-refractivity contribution in [3.8, 4) is 11.6 Å². The highest BCUT2D eigenvalue weighted by Crippen LogP contribution is 2.34. The molecule has 2 aromatic carbocycles. The quantitative estimate of drug-likeness (QED) is 0.541. The van der Waals surface area contributed by atoms with Crippen molar-refractivity contribution in [1.82, 2.24) is 9.97 Å². The van der Waals surface area contributed by atoms with Gasteiger partial charge < -0.3 is 9.15 Å². The maximum Gasteiger partial charge on any atom is 0.267 e. The maximum atomic E-state index is 5.91. The van der Waals surface area contributed by atoms with Gasteiger partial charge in [-0.2, -0.15) is 4.98 Å². The molecule has 4 rings (SSSR count). The van der Waals surface area contributed by atoms with Crippen molar-refractivity contribution in [3.63, 3.8) is 0 Å². The Morgan fingerprint density at radius 1 is 0.952 bits per heavy atom. The minimum Gasteiger partial charge on any atom is -0.449 e. The molecule has 2 aromatic heterocycles. The predicted octanol–water partition coefficient (Wildman–Crippen LogP) is 4.48. The summed E-state index contributed by atoms with van der Waals surface area (Å²) in [4.78, 5) is 8.52. The number of benzene rings is 2. The van der Waals surface area contributed by atoms with Crippen molar-refractivity contribution in [2.75, 3.05) is 0 Å². The third-order valence-corrected chi connectivity index (χ3v) is 3.43. The van der Waals surface area contributed by atoms with Crippen LogP contribution in [-0.2, 0) is 0 Å². The Kier molecular flexibility index (Phi) is 2.60. The van der Waals surface area contributed by atoms with E-state index in [1.165, 1.54) is 6.33 Å². The third kappa shape index (κ3) is 1.92. The predicted molar refractivity (Wildman–Crippen MR) is 80.6 cm³/mol. The van der Waals surface area contributed by atoms with Crippen LogP contribution in [0.15, 0.2) is 59.3 Å². The van der Waals surface area contributed by atoms with E-state index in [1.54, 1.807) is 0 Å². The molecule has 0 amide bonds. The number of furan rings is 1. The van der Waals surface area contributed by atoms with E-state index in [2.05, 4.69) is 9.97 Å². The molecule has 0 saturated heterocycles. The van der Waals surface area contributed by atoms with Gasteiger partial charge in [0.25, 0.3) is 5.88 Å². The van der Waals surface area contributed by atoms with E-state index in [4.69, 9.17) is 9.15 Å². The van der Waals surface area contributed by atoms with Crippen molar-refractivity contribution < 1.29 is 9.15 Å². The smallest absolute Gasteiger partial charge is 0.267 e. The standard InChI is InChI=1S/C17H12N2O2/c1-11-6-2-4-8-13(11)21-17-16-15(18-10-19-17)12-7-3-5-9-14(12)20-16/h2-10H,1H3. The average molecular weight is 276 g/mol. The Hall–Kier alpha value is -2.88. The van der Waals surface area contributed by atoms with E-state index in [-0.39, 0.29) is 0 Å². The van der Waals surface area contributed by atoms with Gasteiger partial charge in [-0.1, -0.05) is 30.3 Å². The topological polar surface area (TPSA) is 48.2 Å². The molecule has 2 heterocycles. The van der Waals surface area contributed by atoms with E-state index in [1.807, 2.05) is 55.5 Å². The number of para-hydroxylation sites is 2. The molecule has 4 aromatic rings. The Morgan fingerprint density at radius 2 is 1.76 bits per heavy atom. The molecule has 0 spiro atoms. The van der Waals surface area contributed by atoms with Gasteiger partial charge in [-0.05, 0) is 30.7 Å². The van der Waals surface area contributed by atoms with Gasteiger partial charge in [0.05, 0.1) is 0 Å². The summed E-state index contributed by atoms with van der Waals surface area (Å²) in [6.45, 7) is 1.99. The minimum absolute atomic E-state index is 0.436. The van der Waals surface area contributed by atoms with Crippen LogP contribution in [0.2, 0.25) is 0 Å². The second kappa shape index (κ2) is 4.59. The van der Waals surface area contributed by atoms with Gasteiger partial charge >= 0.3 is 0 Å². The molecule has 21 heavy (non-hydrogen) atoms. The number of aryl methyl sites for hydroxylation is 1. The summed E-state index contributed by atoms with van der Waals surface area (Å²) in [5.74, 6) is 1.20. The van der Waals surface area contributed by atoms with Gasteiger partial charge in [-0.3, -0.25) is 0 Å². The zero-order chi connectivity index (χ0) is 14.2. The van der Waals surface area contributed by atoms with Gasteiger partial charge in [-0.25, -0.2) is 4.98 Å². The zero-order valence-corrected chi connectivity index (χ0v) is 11.4. The first-order valence-electron chi connectivity index (χ1n) is 6.68. The van der Waals surface area contributed by atoms with E-state index in [0.717, 1.165) is 27.8 Å². The molecule has 0 aliphatic heterocycles. The lowest BCUT2D eigenvalue weighted by Gasteiger charge is -2.06. The van der Waals surface area contributed by atoms with Crippen LogP contribution in [0.25, 0.3) is 22.1 Å². The molecule has 0 saturated carbocycles. The Morgan fingerprint density at radius 3 is 2.67 bits per heavy atom. The van der Waals surface area contributed by atoms with E-state index in [0.29, 0.717) is 11.5 Å². The highest BCUT2D eigenvalue weighted by Gasteiger charge is 2.14. The zero-order valence-electron chi connectivity index (χ0n) is 11.4. The molecule has 102 valence electrons. The number of ether oxygens (including phenoxy) is 1. The SMILES string of the molecule is Cc1ccccc1Oc1ncnc2c1oc1ccccc12. The normalized spacial score (nSPS) is 11.1. The summed E-state index contributed by atoms with van der Waals surface area (Å²) in [6, 6.07) is 15.6. The molecule has 0 bridgehead atoms. The van der Waals surface area contributed by atoms with Gasteiger partial charge in [0.1, 0.15) is 23.2 Å².